The van der Waals surface area contributed by atoms with Crippen molar-refractivity contribution in [2.24, 2.45) is 0 Å². The molecule has 0 saturated heterocycles. The molecule has 1 nitrogen and oxygen atoms in total. The standard InChI is InChI=1S/C49H33N/c1-3-15-34(16-4-1)41-28-13-29-42(35-17-5-2-6-18-35)47(41)38-21-12-22-39(32-38)49-45-26-9-7-24-43(45)48(44-25-8-10-27-46(44)49)37-20-11-19-36(31-37)40-23-14-30-50-33-40/h1-33H. The van der Waals surface area contributed by atoms with Gasteiger partial charge in [-0.15, -0.1) is 0 Å². The Balaban J connectivity index is 1.29. The number of hydrogen-bond donors (Lipinski definition) is 0. The van der Waals surface area contributed by atoms with Gasteiger partial charge in [-0.25, -0.2) is 0 Å². The number of fused-ring (bicyclic) bond motifs is 2. The maximum absolute atomic E-state index is 4.38. The first kappa shape index (κ1) is 29.6. The third-order valence-corrected chi connectivity index (χ3v) is 9.75. The van der Waals surface area contributed by atoms with Crippen molar-refractivity contribution in [1.29, 1.82) is 0 Å². The second-order valence-electron chi connectivity index (χ2n) is 12.7. The van der Waals surface area contributed by atoms with Gasteiger partial charge in [-0.2, -0.15) is 0 Å². The van der Waals surface area contributed by atoms with Crippen molar-refractivity contribution >= 4 is 21.5 Å². The Labute approximate surface area is 292 Å². The second-order valence-corrected chi connectivity index (χ2v) is 12.7. The zero-order valence-corrected chi connectivity index (χ0v) is 27.5. The Morgan fingerprint density at radius 2 is 0.640 bits per heavy atom. The fraction of sp³-hybridized carbons (Fsp3) is 0. The molecule has 0 saturated carbocycles. The topological polar surface area (TPSA) is 12.9 Å². The maximum atomic E-state index is 4.38. The Morgan fingerprint density at radius 3 is 1.12 bits per heavy atom. The van der Waals surface area contributed by atoms with E-state index in [0.29, 0.717) is 0 Å². The lowest BCUT2D eigenvalue weighted by molar-refractivity contribution is 1.33. The first-order valence-electron chi connectivity index (χ1n) is 17.1. The van der Waals surface area contributed by atoms with Crippen LogP contribution in [0.25, 0.3) is 88.3 Å². The van der Waals surface area contributed by atoms with Crippen LogP contribution in [0.15, 0.2) is 200 Å². The van der Waals surface area contributed by atoms with Crippen molar-refractivity contribution < 1.29 is 0 Å². The zero-order chi connectivity index (χ0) is 33.3. The Bertz CT molecular complexity index is 2510. The molecule has 1 heteroatoms. The highest BCUT2D eigenvalue weighted by molar-refractivity contribution is 6.21. The lowest BCUT2D eigenvalue weighted by Gasteiger charge is -2.20. The van der Waals surface area contributed by atoms with E-state index in [0.717, 1.165) is 11.1 Å². The molecule has 0 amide bonds. The third-order valence-electron chi connectivity index (χ3n) is 9.75. The molecule has 0 unspecified atom stereocenters. The largest absolute Gasteiger partial charge is 0.264 e. The average Bonchev–Trinajstić information content (AvgIpc) is 3.20. The van der Waals surface area contributed by atoms with Gasteiger partial charge in [-0.05, 0) is 101 Å². The summed E-state index contributed by atoms with van der Waals surface area (Å²) in [5.74, 6) is 0. The van der Waals surface area contributed by atoms with Crippen LogP contribution in [0.4, 0.5) is 0 Å². The van der Waals surface area contributed by atoms with E-state index in [-0.39, 0.29) is 0 Å². The average molecular weight is 636 g/mol. The third kappa shape index (κ3) is 5.26. The summed E-state index contributed by atoms with van der Waals surface area (Å²) < 4.78 is 0. The monoisotopic (exact) mass is 635 g/mol. The van der Waals surface area contributed by atoms with E-state index in [4.69, 9.17) is 0 Å². The molecule has 0 N–H and O–H groups in total. The van der Waals surface area contributed by atoms with Gasteiger partial charge < -0.3 is 0 Å². The van der Waals surface area contributed by atoms with Crippen LogP contribution in [0.3, 0.4) is 0 Å². The van der Waals surface area contributed by atoms with Crippen molar-refractivity contribution in [3.63, 3.8) is 0 Å². The molecule has 1 heterocycles. The molecule has 0 radical (unpaired) electrons. The van der Waals surface area contributed by atoms with Crippen LogP contribution in [-0.2, 0) is 0 Å². The van der Waals surface area contributed by atoms with Gasteiger partial charge in [0, 0.05) is 18.0 Å². The van der Waals surface area contributed by atoms with Gasteiger partial charge in [0.2, 0.25) is 0 Å². The minimum absolute atomic E-state index is 1.11. The summed E-state index contributed by atoms with van der Waals surface area (Å²) in [5, 5.41) is 4.96. The molecular weight excluding hydrogens is 603 g/mol. The normalized spacial score (nSPS) is 11.2. The Morgan fingerprint density at radius 1 is 0.260 bits per heavy atom. The highest BCUT2D eigenvalue weighted by Gasteiger charge is 2.19. The predicted octanol–water partition coefficient (Wildman–Crippen LogP) is 13.4. The summed E-state index contributed by atoms with van der Waals surface area (Å²) in [6.45, 7) is 0. The lowest BCUT2D eigenvalue weighted by Crippen LogP contribution is -1.93. The number of rotatable bonds is 6. The van der Waals surface area contributed by atoms with Crippen molar-refractivity contribution in [2.45, 2.75) is 0 Å². The van der Waals surface area contributed by atoms with E-state index in [2.05, 4.69) is 187 Å². The van der Waals surface area contributed by atoms with Crippen LogP contribution < -0.4 is 0 Å². The van der Waals surface area contributed by atoms with Crippen molar-refractivity contribution in [1.82, 2.24) is 4.98 Å². The fourth-order valence-corrected chi connectivity index (χ4v) is 7.55. The molecule has 0 spiro atoms. The molecule has 234 valence electrons. The molecule has 0 bridgehead atoms. The molecule has 0 atom stereocenters. The Hall–Kier alpha value is -6.57. The van der Waals surface area contributed by atoms with E-state index in [9.17, 15) is 0 Å². The first-order chi connectivity index (χ1) is 24.8. The number of benzene rings is 8. The van der Waals surface area contributed by atoms with E-state index >= 15 is 0 Å². The molecular formula is C49H33N. The van der Waals surface area contributed by atoms with Gasteiger partial charge in [0.1, 0.15) is 0 Å². The zero-order valence-electron chi connectivity index (χ0n) is 27.5. The minimum atomic E-state index is 1.11. The number of pyridine rings is 1. The van der Waals surface area contributed by atoms with E-state index < -0.39 is 0 Å². The molecule has 1 aromatic heterocycles. The van der Waals surface area contributed by atoms with Crippen molar-refractivity contribution in [3.8, 4) is 66.8 Å². The van der Waals surface area contributed by atoms with Crippen molar-refractivity contribution in [3.05, 3.63) is 200 Å². The van der Waals surface area contributed by atoms with Gasteiger partial charge in [-0.3, -0.25) is 4.98 Å². The minimum Gasteiger partial charge on any atom is -0.264 e. The van der Waals surface area contributed by atoms with E-state index in [1.807, 2.05) is 18.5 Å². The predicted molar refractivity (Wildman–Crippen MR) is 212 cm³/mol. The molecule has 0 aliphatic carbocycles. The molecule has 0 fully saturated rings. The van der Waals surface area contributed by atoms with Crippen molar-refractivity contribution in [2.75, 3.05) is 0 Å². The van der Waals surface area contributed by atoms with Crippen LogP contribution >= 0.6 is 0 Å². The van der Waals surface area contributed by atoms with Crippen LogP contribution in [-0.4, -0.2) is 4.98 Å². The summed E-state index contributed by atoms with van der Waals surface area (Å²) in [5.41, 5.74) is 14.5. The number of aromatic nitrogens is 1. The van der Waals surface area contributed by atoms with Crippen LogP contribution in [0.1, 0.15) is 0 Å². The quantitative estimate of drug-likeness (QED) is 0.166. The summed E-state index contributed by atoms with van der Waals surface area (Å²) in [6, 6.07) is 68.1. The SMILES string of the molecule is c1ccc(-c2cccc(-c3ccccc3)c2-c2cccc(-c3c4ccccc4c(-c4cccc(-c5cccnc5)c4)c4ccccc34)c2)cc1. The molecule has 0 aliphatic rings. The second kappa shape index (κ2) is 12.8. The van der Waals surface area contributed by atoms with E-state index in [1.165, 1.54) is 77.2 Å². The first-order valence-corrected chi connectivity index (χ1v) is 17.1. The molecule has 50 heavy (non-hydrogen) atoms. The van der Waals surface area contributed by atoms with Crippen LogP contribution in [0.5, 0.6) is 0 Å². The number of hydrogen-bond acceptors (Lipinski definition) is 1. The fourth-order valence-electron chi connectivity index (χ4n) is 7.55. The van der Waals surface area contributed by atoms with Gasteiger partial charge in [0.25, 0.3) is 0 Å². The lowest BCUT2D eigenvalue weighted by atomic mass is 9.83. The number of nitrogens with zero attached hydrogens (tertiary/aromatic N) is 1. The van der Waals surface area contributed by atoms with Gasteiger partial charge in [0.05, 0.1) is 0 Å². The molecule has 9 aromatic rings. The molecule has 9 rings (SSSR count). The molecule has 8 aromatic carbocycles. The van der Waals surface area contributed by atoms with Gasteiger partial charge >= 0.3 is 0 Å². The highest BCUT2D eigenvalue weighted by atomic mass is 14.6. The summed E-state index contributed by atoms with van der Waals surface area (Å²) in [4.78, 5) is 4.38. The van der Waals surface area contributed by atoms with Gasteiger partial charge in [0.15, 0.2) is 0 Å². The highest BCUT2D eigenvalue weighted by Crippen LogP contribution is 2.46. The maximum Gasteiger partial charge on any atom is 0.0346 e. The molecule has 0 aliphatic heterocycles. The van der Waals surface area contributed by atoms with Crippen LogP contribution in [0.2, 0.25) is 0 Å². The smallest absolute Gasteiger partial charge is 0.0346 e. The summed E-state index contributed by atoms with van der Waals surface area (Å²) in [7, 11) is 0. The van der Waals surface area contributed by atoms with Crippen LogP contribution in [0, 0.1) is 0 Å². The Kier molecular flexibility index (Phi) is 7.57. The van der Waals surface area contributed by atoms with Gasteiger partial charge in [-0.1, -0.05) is 170 Å². The summed E-state index contributed by atoms with van der Waals surface area (Å²) >= 11 is 0. The van der Waals surface area contributed by atoms with E-state index in [1.54, 1.807) is 0 Å². The summed E-state index contributed by atoms with van der Waals surface area (Å²) in [6.07, 6.45) is 3.76.